The van der Waals surface area contributed by atoms with Crippen LogP contribution >= 0.6 is 0 Å². The van der Waals surface area contributed by atoms with Crippen molar-refractivity contribution < 1.29 is 132 Å². The van der Waals surface area contributed by atoms with E-state index in [1.165, 1.54) is 27.9 Å². The van der Waals surface area contributed by atoms with Crippen molar-refractivity contribution >= 4 is 53.2 Å². The highest BCUT2D eigenvalue weighted by Gasteiger charge is 2.47. The van der Waals surface area contributed by atoms with E-state index in [-0.39, 0.29) is 103 Å². The second-order valence-corrected chi connectivity index (χ2v) is 28.5. The Kier molecular flexibility index (Phi) is 47.6. The van der Waals surface area contributed by atoms with Crippen LogP contribution in [0.15, 0.2) is 0 Å². The van der Waals surface area contributed by atoms with Gasteiger partial charge < -0.3 is 137 Å². The molecule has 0 spiro atoms. The van der Waals surface area contributed by atoms with Gasteiger partial charge >= 0.3 is 0 Å². The third-order valence-corrected chi connectivity index (χ3v) is 19.4. The van der Waals surface area contributed by atoms with Crippen LogP contribution < -0.4 is 47.9 Å². The van der Waals surface area contributed by atoms with E-state index >= 15 is 0 Å². The molecule has 36 nitrogen and oxygen atoms in total. The molecule has 0 aromatic rings. The van der Waals surface area contributed by atoms with Gasteiger partial charge in [0.05, 0.1) is 51.3 Å². The number of carbonyl (C=O) groups excluding carboxylic acids is 9. The minimum absolute atomic E-state index is 0.0710. The van der Waals surface area contributed by atoms with E-state index in [1.54, 1.807) is 0 Å². The summed E-state index contributed by atoms with van der Waals surface area (Å²) in [5, 5.41) is 127. The van der Waals surface area contributed by atoms with Gasteiger partial charge in [-0.05, 0) is 64.2 Å². The average molecular weight is 1550 g/mol. The van der Waals surface area contributed by atoms with Gasteiger partial charge in [-0.1, -0.05) is 77.0 Å². The van der Waals surface area contributed by atoms with Crippen LogP contribution in [0, 0.1) is 5.92 Å². The monoisotopic (exact) mass is 1550 g/mol. The average Bonchev–Trinajstić information content (AvgIpc) is 1.18. The number of ether oxygens (including phenoxy) is 8. The van der Waals surface area contributed by atoms with E-state index in [0.29, 0.717) is 103 Å². The second-order valence-electron chi connectivity index (χ2n) is 28.5. The highest BCUT2D eigenvalue weighted by atomic mass is 16.7. The molecule has 0 bridgehead atoms. The number of hydrogen-bond acceptors (Lipinski definition) is 27. The van der Waals surface area contributed by atoms with E-state index < -0.39 is 177 Å². The van der Waals surface area contributed by atoms with Crippen LogP contribution in [0.25, 0.3) is 0 Å². The number of hydrogen-bond donors (Lipinski definition) is 19. The first-order valence-electron chi connectivity index (χ1n) is 38.8. The Bertz CT molecular complexity index is 2610. The summed E-state index contributed by atoms with van der Waals surface area (Å²) in [4.78, 5) is 117. The summed E-state index contributed by atoms with van der Waals surface area (Å²) in [6, 6.07) is -5.61. The summed E-state index contributed by atoms with van der Waals surface area (Å²) < 4.78 is 45.3. The van der Waals surface area contributed by atoms with E-state index in [1.807, 2.05) is 0 Å². The van der Waals surface area contributed by atoms with Crippen molar-refractivity contribution in [3.63, 3.8) is 0 Å². The van der Waals surface area contributed by atoms with Crippen LogP contribution in [0.2, 0.25) is 0 Å². The summed E-state index contributed by atoms with van der Waals surface area (Å²) in [6.45, 7) is 3.70. The number of unbranched alkanes of at least 4 members (excludes halogenated alkanes) is 16. The number of aliphatic hydroxyl groups is 10. The number of methoxy groups -OCH3 is 1. The summed E-state index contributed by atoms with van der Waals surface area (Å²) in [5.41, 5.74) is 0. The zero-order valence-corrected chi connectivity index (χ0v) is 63.5. The quantitative estimate of drug-likeness (QED) is 0.0268. The Balaban J connectivity index is 1.31. The fourth-order valence-electron chi connectivity index (χ4n) is 13.2. The third kappa shape index (κ3) is 36.3. The lowest BCUT2D eigenvalue weighted by Gasteiger charge is -2.42. The van der Waals surface area contributed by atoms with E-state index in [9.17, 15) is 94.2 Å². The Morgan fingerprint density at radius 1 is 0.407 bits per heavy atom. The van der Waals surface area contributed by atoms with Crippen molar-refractivity contribution in [2.45, 2.75) is 310 Å². The molecule has 4 aliphatic heterocycles. The zero-order valence-electron chi connectivity index (χ0n) is 63.5. The predicted octanol–water partition coefficient (Wildman–Crippen LogP) is -3.14. The van der Waals surface area contributed by atoms with Crippen molar-refractivity contribution in [2.24, 2.45) is 5.92 Å². The Morgan fingerprint density at radius 2 is 0.787 bits per heavy atom. The normalized spacial score (nSPS) is 27.6. The molecule has 624 valence electrons. The van der Waals surface area contributed by atoms with Crippen LogP contribution in [-0.2, 0) is 81.0 Å². The predicted molar refractivity (Wildman–Crippen MR) is 386 cm³/mol. The van der Waals surface area contributed by atoms with Gasteiger partial charge in [0.1, 0.15) is 79.0 Å². The van der Waals surface area contributed by atoms with E-state index in [0.717, 1.165) is 44.9 Å². The van der Waals surface area contributed by atoms with Gasteiger partial charge in [0.2, 0.25) is 53.2 Å². The molecule has 0 aliphatic carbocycles. The number of amides is 9. The molecule has 4 heterocycles. The smallest absolute Gasteiger partial charge is 0.242 e. The molecule has 19 N–H and O–H groups in total. The molecular weight excluding hydrogens is 1420 g/mol. The van der Waals surface area contributed by atoms with Gasteiger partial charge in [-0.15, -0.1) is 0 Å². The highest BCUT2D eigenvalue weighted by molar-refractivity contribution is 5.90. The number of rotatable bonds is 55. The van der Waals surface area contributed by atoms with E-state index in [4.69, 9.17) is 37.9 Å². The first-order chi connectivity index (χ1) is 51.8. The molecule has 0 radical (unpaired) electrons. The standard InChI is InChI=1S/C72H129N9O27/c1-44(85)77-59-65(96)62(93)47(39-82)42-105-70(59)102-34-22-14-11-19-31-73-56(90)29-27-49(68(99)74-32-20-12-15-23-35-103-71-60(78-45(2)86)66(97)63(94)52(40-83)107-71)81-58(92)30-28-50(69(100)75-33-21-13-16-24-36-104-72-61(79-46(3)87)67(98)64(95)53(41-84)108-72)80-57(91)26-18-10-8-6-5-7-9-17-25-55(89)76-38-48-37-51(88)54(106-48)43-101-4/h47-54,59-67,70-72,82-84,88,93-98H,5-43H2,1-4H3,(H,73,90)(H,74,99)(H,75,100)(H,76,89)(H,77,85)(H,78,86)(H,79,87)(H,80,91)(H,81,92). The maximum Gasteiger partial charge on any atom is 0.242 e. The summed E-state index contributed by atoms with van der Waals surface area (Å²) in [7, 11) is 1.54. The van der Waals surface area contributed by atoms with Crippen LogP contribution in [0.3, 0.4) is 0 Å². The van der Waals surface area contributed by atoms with Gasteiger partial charge in [-0.2, -0.15) is 0 Å². The lowest BCUT2D eigenvalue weighted by molar-refractivity contribution is -0.270. The third-order valence-electron chi connectivity index (χ3n) is 19.4. The minimum Gasteiger partial charge on any atom is -0.396 e. The summed E-state index contributed by atoms with van der Waals surface area (Å²) in [5.74, 6) is -4.83. The van der Waals surface area contributed by atoms with Crippen molar-refractivity contribution in [2.75, 3.05) is 86.1 Å². The Hall–Kier alpha value is -5.49. The molecule has 20 atom stereocenters. The topological polar surface area (TPSA) is 538 Å². The van der Waals surface area contributed by atoms with Crippen LogP contribution in [0.4, 0.5) is 0 Å². The summed E-state index contributed by atoms with van der Waals surface area (Å²) in [6.07, 6.45) is -1.96. The Morgan fingerprint density at radius 3 is 1.23 bits per heavy atom. The Labute approximate surface area is 633 Å². The van der Waals surface area contributed by atoms with Gasteiger partial charge in [-0.3, -0.25) is 43.2 Å². The van der Waals surface area contributed by atoms with Gasteiger partial charge in [0, 0.05) is 112 Å². The molecule has 20 unspecified atom stereocenters. The number of aliphatic hydroxyl groups excluding tert-OH is 10. The van der Waals surface area contributed by atoms with E-state index in [2.05, 4.69) is 47.9 Å². The molecule has 108 heavy (non-hydrogen) atoms. The zero-order chi connectivity index (χ0) is 79.3. The van der Waals surface area contributed by atoms with Crippen LogP contribution in [-0.4, -0.2) is 307 Å². The fourth-order valence-corrected chi connectivity index (χ4v) is 13.2. The molecular formula is C72H129N9O27. The molecule has 4 aliphatic rings. The molecule has 4 fully saturated rings. The first-order valence-corrected chi connectivity index (χ1v) is 38.8. The molecule has 0 aromatic carbocycles. The second kappa shape index (κ2) is 54.2. The molecule has 4 rings (SSSR count). The number of carbonyl (C=O) groups is 9. The van der Waals surface area contributed by atoms with Crippen molar-refractivity contribution in [3.05, 3.63) is 0 Å². The largest absolute Gasteiger partial charge is 0.396 e. The molecule has 36 heteroatoms. The lowest BCUT2D eigenvalue weighted by Crippen LogP contribution is -2.64. The van der Waals surface area contributed by atoms with Crippen molar-refractivity contribution in [1.29, 1.82) is 0 Å². The van der Waals surface area contributed by atoms with Gasteiger partial charge in [0.15, 0.2) is 18.9 Å². The number of nitrogens with one attached hydrogen (secondary N) is 9. The van der Waals surface area contributed by atoms with Gasteiger partial charge in [0.25, 0.3) is 0 Å². The van der Waals surface area contributed by atoms with Crippen LogP contribution in [0.5, 0.6) is 0 Å². The first kappa shape index (κ1) is 94.9. The highest BCUT2D eigenvalue weighted by Crippen LogP contribution is 2.27. The molecule has 0 saturated carbocycles. The van der Waals surface area contributed by atoms with Crippen molar-refractivity contribution in [3.8, 4) is 0 Å². The van der Waals surface area contributed by atoms with Crippen molar-refractivity contribution in [1.82, 2.24) is 47.9 Å². The maximum absolute atomic E-state index is 13.9. The maximum atomic E-state index is 13.9. The van der Waals surface area contributed by atoms with Crippen LogP contribution in [0.1, 0.15) is 194 Å². The fraction of sp³-hybridized carbons (Fsp3) is 0.875. The minimum atomic E-state index is -1.47. The van der Waals surface area contributed by atoms with Gasteiger partial charge in [-0.25, -0.2) is 0 Å². The lowest BCUT2D eigenvalue weighted by atomic mass is 9.96. The molecule has 0 aromatic heterocycles. The molecule has 9 amide bonds. The SMILES string of the molecule is COCC1OC(CNC(=O)CCCCCCCCCCC(=O)NC(CCC(=O)NC(CCC(=O)NCCCCCCOC2OCC(CO)C(O)C(O)C2NC(C)=O)C(=O)NCCCCCCOC2OC(CO)C(O)C(O)C2NC(C)=O)C(=O)NCCCCCCOC2OC(CO)C(O)C(O)C2NC(C)=O)CC1O. The summed E-state index contributed by atoms with van der Waals surface area (Å²) >= 11 is 0. The molecule has 4 saturated heterocycles.